The van der Waals surface area contributed by atoms with Crippen molar-refractivity contribution in [2.24, 2.45) is 0 Å². The van der Waals surface area contributed by atoms with Gasteiger partial charge in [0, 0.05) is 19.0 Å². The van der Waals surface area contributed by atoms with Crippen LogP contribution >= 0.6 is 0 Å². The maximum absolute atomic E-state index is 9.09. The Hall–Kier alpha value is -0.940. The maximum atomic E-state index is 9.09. The minimum atomic E-state index is -0.166. The first-order valence-corrected chi connectivity index (χ1v) is 5.04. The molecule has 0 amide bonds. The summed E-state index contributed by atoms with van der Waals surface area (Å²) in [5.41, 5.74) is 0. The second-order valence-electron chi connectivity index (χ2n) is 4.17. The Balaban J connectivity index is 1.60. The van der Waals surface area contributed by atoms with E-state index in [4.69, 9.17) is 9.63 Å². The van der Waals surface area contributed by atoms with Gasteiger partial charge in [-0.2, -0.15) is 4.98 Å². The van der Waals surface area contributed by atoms with Crippen LogP contribution in [0.25, 0.3) is 0 Å². The van der Waals surface area contributed by atoms with Crippen molar-refractivity contribution in [1.29, 1.82) is 0 Å². The molecule has 2 aliphatic rings. The number of aliphatic hydroxyl groups excluding tert-OH is 1. The molecule has 5 heteroatoms. The molecule has 1 saturated heterocycles. The zero-order valence-corrected chi connectivity index (χ0v) is 7.89. The van der Waals surface area contributed by atoms with E-state index in [1.165, 1.54) is 12.8 Å². The van der Waals surface area contributed by atoms with Gasteiger partial charge in [0.25, 0.3) is 0 Å². The molecule has 0 aromatic carbocycles. The minimum absolute atomic E-state index is 0.166. The molecule has 76 valence electrons. The molecule has 1 aromatic heterocycles. The summed E-state index contributed by atoms with van der Waals surface area (Å²) in [6, 6.07) is 0. The number of β-amino-alcohol motifs (C(OH)–C–C–N with tert-alkyl or cyclic N) is 1. The van der Waals surface area contributed by atoms with Crippen LogP contribution in [0, 0.1) is 0 Å². The molecule has 1 saturated carbocycles. The highest BCUT2D eigenvalue weighted by Gasteiger charge is 2.30. The predicted octanol–water partition coefficient (Wildman–Crippen LogP) is 0.123. The van der Waals surface area contributed by atoms with E-state index in [-0.39, 0.29) is 6.10 Å². The Morgan fingerprint density at radius 1 is 1.43 bits per heavy atom. The minimum Gasteiger partial charge on any atom is -0.390 e. The molecule has 1 aliphatic heterocycles. The van der Waals surface area contributed by atoms with Crippen LogP contribution in [0.1, 0.15) is 30.5 Å². The van der Waals surface area contributed by atoms with Gasteiger partial charge in [-0.05, 0) is 12.8 Å². The number of hydrogen-bond acceptors (Lipinski definition) is 5. The molecular formula is C9H13N3O2. The van der Waals surface area contributed by atoms with E-state index in [2.05, 4.69) is 15.0 Å². The summed E-state index contributed by atoms with van der Waals surface area (Å²) in [7, 11) is 0. The highest BCUT2D eigenvalue weighted by Crippen LogP contribution is 2.38. The SMILES string of the molecule is OC1CN(Cc2nc(C3CC3)no2)C1. The highest BCUT2D eigenvalue weighted by atomic mass is 16.5. The topological polar surface area (TPSA) is 62.4 Å². The van der Waals surface area contributed by atoms with Gasteiger partial charge in [0.2, 0.25) is 5.89 Å². The van der Waals surface area contributed by atoms with E-state index < -0.39 is 0 Å². The van der Waals surface area contributed by atoms with Crippen molar-refractivity contribution in [3.8, 4) is 0 Å². The molecule has 2 fully saturated rings. The van der Waals surface area contributed by atoms with Gasteiger partial charge in [-0.3, -0.25) is 4.90 Å². The van der Waals surface area contributed by atoms with Crippen LogP contribution < -0.4 is 0 Å². The number of rotatable bonds is 3. The predicted molar refractivity (Wildman–Crippen MR) is 47.6 cm³/mol. The first kappa shape index (κ1) is 8.38. The zero-order valence-electron chi connectivity index (χ0n) is 7.89. The second kappa shape index (κ2) is 3.03. The van der Waals surface area contributed by atoms with Crippen LogP contribution in [0.5, 0.6) is 0 Å². The molecular weight excluding hydrogens is 182 g/mol. The average molecular weight is 195 g/mol. The molecule has 0 atom stereocenters. The largest absolute Gasteiger partial charge is 0.390 e. The summed E-state index contributed by atoms with van der Waals surface area (Å²) >= 11 is 0. The Morgan fingerprint density at radius 3 is 2.86 bits per heavy atom. The molecule has 2 heterocycles. The van der Waals surface area contributed by atoms with Crippen molar-refractivity contribution < 1.29 is 9.63 Å². The summed E-state index contributed by atoms with van der Waals surface area (Å²) < 4.78 is 5.12. The van der Waals surface area contributed by atoms with Crippen LogP contribution in [0.4, 0.5) is 0 Å². The third kappa shape index (κ3) is 1.53. The first-order valence-electron chi connectivity index (χ1n) is 5.04. The van der Waals surface area contributed by atoms with Crippen molar-refractivity contribution in [3.63, 3.8) is 0 Å². The van der Waals surface area contributed by atoms with Crippen LogP contribution in [-0.2, 0) is 6.54 Å². The molecule has 1 N–H and O–H groups in total. The van der Waals surface area contributed by atoms with E-state index in [1.54, 1.807) is 0 Å². The average Bonchev–Trinajstić information content (AvgIpc) is 2.86. The highest BCUT2D eigenvalue weighted by molar-refractivity contribution is 5.03. The Morgan fingerprint density at radius 2 is 2.21 bits per heavy atom. The Bertz CT molecular complexity index is 329. The lowest BCUT2D eigenvalue weighted by atomic mass is 10.2. The standard InChI is InChI=1S/C9H13N3O2/c13-7-3-12(4-7)5-8-10-9(11-14-8)6-1-2-6/h6-7,13H,1-5H2. The van der Waals surface area contributed by atoms with E-state index >= 15 is 0 Å². The molecule has 0 spiro atoms. The summed E-state index contributed by atoms with van der Waals surface area (Å²) in [5, 5.41) is 13.0. The lowest BCUT2D eigenvalue weighted by molar-refractivity contribution is -0.00806. The van der Waals surface area contributed by atoms with Gasteiger partial charge in [0.1, 0.15) is 0 Å². The van der Waals surface area contributed by atoms with Crippen molar-refractivity contribution in [1.82, 2.24) is 15.0 Å². The summed E-state index contributed by atoms with van der Waals surface area (Å²) in [4.78, 5) is 6.41. The third-order valence-electron chi connectivity index (χ3n) is 2.72. The quantitative estimate of drug-likeness (QED) is 0.742. The number of aliphatic hydroxyl groups is 1. The van der Waals surface area contributed by atoms with E-state index in [0.717, 1.165) is 18.9 Å². The summed E-state index contributed by atoms with van der Waals surface area (Å²) in [6.07, 6.45) is 2.23. The molecule has 0 radical (unpaired) electrons. The van der Waals surface area contributed by atoms with Crippen molar-refractivity contribution >= 4 is 0 Å². The molecule has 3 rings (SSSR count). The van der Waals surface area contributed by atoms with Gasteiger partial charge in [-0.25, -0.2) is 0 Å². The molecule has 0 unspecified atom stereocenters. The van der Waals surface area contributed by atoms with Crippen molar-refractivity contribution in [2.45, 2.75) is 31.4 Å². The number of aromatic nitrogens is 2. The van der Waals surface area contributed by atoms with E-state index in [0.29, 0.717) is 18.4 Å². The molecule has 5 nitrogen and oxygen atoms in total. The van der Waals surface area contributed by atoms with Gasteiger partial charge < -0.3 is 9.63 Å². The maximum Gasteiger partial charge on any atom is 0.240 e. The summed E-state index contributed by atoms with van der Waals surface area (Å²) in [6.45, 7) is 2.12. The molecule has 0 bridgehead atoms. The Labute approximate surface area is 81.7 Å². The Kier molecular flexibility index (Phi) is 1.81. The number of hydrogen-bond donors (Lipinski definition) is 1. The smallest absolute Gasteiger partial charge is 0.240 e. The van der Waals surface area contributed by atoms with Gasteiger partial charge in [0.15, 0.2) is 5.82 Å². The lowest BCUT2D eigenvalue weighted by Gasteiger charge is -2.34. The van der Waals surface area contributed by atoms with Crippen LogP contribution in [0.15, 0.2) is 4.52 Å². The van der Waals surface area contributed by atoms with E-state index in [1.807, 2.05) is 0 Å². The first-order chi connectivity index (χ1) is 6.81. The van der Waals surface area contributed by atoms with Gasteiger partial charge >= 0.3 is 0 Å². The lowest BCUT2D eigenvalue weighted by Crippen LogP contribution is -2.49. The van der Waals surface area contributed by atoms with Crippen LogP contribution in [0.2, 0.25) is 0 Å². The molecule has 1 aliphatic carbocycles. The number of nitrogens with zero attached hydrogens (tertiary/aromatic N) is 3. The fourth-order valence-corrected chi connectivity index (χ4v) is 1.70. The van der Waals surface area contributed by atoms with Crippen LogP contribution in [-0.4, -0.2) is 39.3 Å². The van der Waals surface area contributed by atoms with Gasteiger partial charge in [-0.1, -0.05) is 5.16 Å². The van der Waals surface area contributed by atoms with Crippen molar-refractivity contribution in [2.75, 3.05) is 13.1 Å². The second-order valence-corrected chi connectivity index (χ2v) is 4.17. The fraction of sp³-hybridized carbons (Fsp3) is 0.778. The van der Waals surface area contributed by atoms with Crippen LogP contribution in [0.3, 0.4) is 0 Å². The van der Waals surface area contributed by atoms with Crippen molar-refractivity contribution in [3.05, 3.63) is 11.7 Å². The third-order valence-corrected chi connectivity index (χ3v) is 2.72. The normalized spacial score (nSPS) is 23.8. The zero-order chi connectivity index (χ0) is 9.54. The molecule has 14 heavy (non-hydrogen) atoms. The summed E-state index contributed by atoms with van der Waals surface area (Å²) in [5.74, 6) is 2.09. The van der Waals surface area contributed by atoms with E-state index in [9.17, 15) is 0 Å². The monoisotopic (exact) mass is 195 g/mol. The fourth-order valence-electron chi connectivity index (χ4n) is 1.70. The number of likely N-dealkylation sites (tertiary alicyclic amines) is 1. The van der Waals surface area contributed by atoms with Gasteiger partial charge in [-0.15, -0.1) is 0 Å². The molecule has 1 aromatic rings. The van der Waals surface area contributed by atoms with Gasteiger partial charge in [0.05, 0.1) is 12.6 Å².